The molecule has 0 radical (unpaired) electrons. The zero-order valence-corrected chi connectivity index (χ0v) is 19.7. The standard InChI is InChI=1S/C23H20ClN5O3S/c1-27(16-7-5-4-6-8-16)17(30)13-33-21-18-20(28(2)23(32)29(3)22(18)31)25-19(26-21)14-9-11-15(24)12-10-14/h4-12H,13H2,1-3H3. The maximum absolute atomic E-state index is 13.0. The van der Waals surface area contributed by atoms with Crippen molar-refractivity contribution in [2.45, 2.75) is 5.03 Å². The number of anilines is 1. The second-order valence-electron chi connectivity index (χ2n) is 7.34. The van der Waals surface area contributed by atoms with Gasteiger partial charge in [-0.3, -0.25) is 18.7 Å². The molecule has 8 nitrogen and oxygen atoms in total. The Bertz CT molecular complexity index is 1470. The lowest BCUT2D eigenvalue weighted by Gasteiger charge is -2.17. The quantitative estimate of drug-likeness (QED) is 0.321. The highest BCUT2D eigenvalue weighted by Gasteiger charge is 2.20. The van der Waals surface area contributed by atoms with E-state index in [1.54, 1.807) is 43.3 Å². The number of para-hydroxylation sites is 1. The van der Waals surface area contributed by atoms with Gasteiger partial charge in [0.2, 0.25) is 5.91 Å². The fourth-order valence-electron chi connectivity index (χ4n) is 3.28. The number of thioether (sulfide) groups is 1. The Hall–Kier alpha value is -3.43. The van der Waals surface area contributed by atoms with E-state index < -0.39 is 11.2 Å². The minimum absolute atomic E-state index is 0.0452. The molecule has 0 aliphatic rings. The van der Waals surface area contributed by atoms with Crippen LogP contribution in [0, 0.1) is 0 Å². The first-order valence-corrected chi connectivity index (χ1v) is 11.3. The van der Waals surface area contributed by atoms with E-state index in [0.29, 0.717) is 21.4 Å². The summed E-state index contributed by atoms with van der Waals surface area (Å²) >= 11 is 7.13. The molecule has 10 heteroatoms. The summed E-state index contributed by atoms with van der Waals surface area (Å²) in [7, 11) is 4.64. The summed E-state index contributed by atoms with van der Waals surface area (Å²) in [5.41, 5.74) is 0.625. The normalized spacial score (nSPS) is 11.0. The van der Waals surface area contributed by atoms with Crippen LogP contribution in [0.15, 0.2) is 69.2 Å². The molecule has 168 valence electrons. The van der Waals surface area contributed by atoms with Crippen molar-refractivity contribution in [3.63, 3.8) is 0 Å². The number of benzene rings is 2. The van der Waals surface area contributed by atoms with Gasteiger partial charge in [-0.15, -0.1) is 0 Å². The lowest BCUT2D eigenvalue weighted by atomic mass is 10.2. The van der Waals surface area contributed by atoms with E-state index in [4.69, 9.17) is 11.6 Å². The molecule has 2 aromatic heterocycles. The maximum atomic E-state index is 13.0. The Kier molecular flexibility index (Phi) is 6.35. The van der Waals surface area contributed by atoms with Crippen LogP contribution in [0.2, 0.25) is 5.02 Å². The van der Waals surface area contributed by atoms with Crippen LogP contribution in [-0.2, 0) is 18.9 Å². The molecule has 0 bridgehead atoms. The number of carbonyl (C=O) groups is 1. The predicted molar refractivity (Wildman–Crippen MR) is 131 cm³/mol. The lowest BCUT2D eigenvalue weighted by Crippen LogP contribution is -2.37. The fourth-order valence-corrected chi connectivity index (χ4v) is 4.34. The monoisotopic (exact) mass is 481 g/mol. The van der Waals surface area contributed by atoms with Crippen LogP contribution in [0.1, 0.15) is 0 Å². The Morgan fingerprint density at radius 2 is 1.67 bits per heavy atom. The van der Waals surface area contributed by atoms with E-state index in [0.717, 1.165) is 22.0 Å². The van der Waals surface area contributed by atoms with E-state index in [1.165, 1.54) is 11.6 Å². The van der Waals surface area contributed by atoms with Gasteiger partial charge in [-0.2, -0.15) is 0 Å². The van der Waals surface area contributed by atoms with Crippen LogP contribution in [-0.4, -0.2) is 37.8 Å². The molecule has 0 atom stereocenters. The number of aryl methyl sites for hydroxylation is 1. The average Bonchev–Trinajstić information content (AvgIpc) is 2.84. The summed E-state index contributed by atoms with van der Waals surface area (Å²) < 4.78 is 2.31. The van der Waals surface area contributed by atoms with Crippen LogP contribution in [0.4, 0.5) is 5.69 Å². The molecule has 0 aliphatic heterocycles. The number of nitrogens with zero attached hydrogens (tertiary/aromatic N) is 5. The molecule has 0 saturated heterocycles. The van der Waals surface area contributed by atoms with Crippen molar-refractivity contribution in [1.82, 2.24) is 19.1 Å². The zero-order chi connectivity index (χ0) is 23.7. The third kappa shape index (κ3) is 4.42. The number of aromatic nitrogens is 4. The molecule has 0 saturated carbocycles. The van der Waals surface area contributed by atoms with Gasteiger partial charge in [-0.1, -0.05) is 41.6 Å². The number of amides is 1. The van der Waals surface area contributed by atoms with Gasteiger partial charge in [0.15, 0.2) is 11.5 Å². The molecule has 1 amide bonds. The molecule has 2 aromatic carbocycles. The first-order chi connectivity index (χ1) is 15.8. The first kappa shape index (κ1) is 22.8. The molecular weight excluding hydrogens is 462 g/mol. The molecule has 0 unspecified atom stereocenters. The fraction of sp³-hybridized carbons (Fsp3) is 0.174. The highest BCUT2D eigenvalue weighted by molar-refractivity contribution is 8.00. The molecule has 0 fully saturated rings. The maximum Gasteiger partial charge on any atom is 0.332 e. The SMILES string of the molecule is CN(C(=O)CSc1nc(-c2ccc(Cl)cc2)nc2c1c(=O)n(C)c(=O)n2C)c1ccccc1. The predicted octanol–water partition coefficient (Wildman–Crippen LogP) is 3.10. The molecule has 33 heavy (non-hydrogen) atoms. The number of carbonyl (C=O) groups excluding carboxylic acids is 1. The minimum Gasteiger partial charge on any atom is -0.315 e. The van der Waals surface area contributed by atoms with Crippen molar-refractivity contribution < 1.29 is 4.79 Å². The largest absolute Gasteiger partial charge is 0.332 e. The van der Waals surface area contributed by atoms with Crippen molar-refractivity contribution in [2.24, 2.45) is 14.1 Å². The van der Waals surface area contributed by atoms with Crippen molar-refractivity contribution >= 4 is 46.0 Å². The van der Waals surface area contributed by atoms with Crippen molar-refractivity contribution in [3.05, 3.63) is 80.5 Å². The Morgan fingerprint density at radius 1 is 1.00 bits per heavy atom. The van der Waals surface area contributed by atoms with Crippen LogP contribution in [0.5, 0.6) is 0 Å². The molecule has 0 spiro atoms. The third-order valence-electron chi connectivity index (χ3n) is 5.22. The summed E-state index contributed by atoms with van der Waals surface area (Å²) in [5, 5.41) is 1.08. The second kappa shape index (κ2) is 9.21. The summed E-state index contributed by atoms with van der Waals surface area (Å²) in [4.78, 5) is 48.9. The lowest BCUT2D eigenvalue weighted by molar-refractivity contribution is -0.115. The number of hydrogen-bond donors (Lipinski definition) is 0. The van der Waals surface area contributed by atoms with Gasteiger partial charge in [0.25, 0.3) is 5.56 Å². The van der Waals surface area contributed by atoms with Crippen LogP contribution < -0.4 is 16.1 Å². The number of hydrogen-bond acceptors (Lipinski definition) is 6. The highest BCUT2D eigenvalue weighted by atomic mass is 35.5. The number of fused-ring (bicyclic) bond motifs is 1. The summed E-state index contributed by atoms with van der Waals surface area (Å²) in [6, 6.07) is 16.2. The first-order valence-electron chi connectivity index (χ1n) is 9.96. The van der Waals surface area contributed by atoms with Gasteiger partial charge < -0.3 is 4.90 Å². The third-order valence-corrected chi connectivity index (χ3v) is 6.43. The van der Waals surface area contributed by atoms with Crippen molar-refractivity contribution in [3.8, 4) is 11.4 Å². The van der Waals surface area contributed by atoms with E-state index >= 15 is 0 Å². The van der Waals surface area contributed by atoms with E-state index in [-0.39, 0.29) is 22.7 Å². The Morgan fingerprint density at radius 3 is 2.33 bits per heavy atom. The summed E-state index contributed by atoms with van der Waals surface area (Å²) in [5.74, 6) is 0.213. The van der Waals surface area contributed by atoms with Gasteiger partial charge in [-0.05, 0) is 36.4 Å². The average molecular weight is 482 g/mol. The van der Waals surface area contributed by atoms with Gasteiger partial charge >= 0.3 is 5.69 Å². The van der Waals surface area contributed by atoms with Gasteiger partial charge in [0.05, 0.1) is 5.75 Å². The number of halogens is 1. The van der Waals surface area contributed by atoms with Crippen LogP contribution >= 0.6 is 23.4 Å². The Labute approximate surface area is 198 Å². The molecule has 0 N–H and O–H groups in total. The van der Waals surface area contributed by atoms with Crippen molar-refractivity contribution in [1.29, 1.82) is 0 Å². The Balaban J connectivity index is 1.80. The molecule has 0 aliphatic carbocycles. The minimum atomic E-state index is -0.512. The van der Waals surface area contributed by atoms with Gasteiger partial charge in [0, 0.05) is 37.4 Å². The van der Waals surface area contributed by atoms with Crippen LogP contribution in [0.25, 0.3) is 22.4 Å². The molecule has 2 heterocycles. The highest BCUT2D eigenvalue weighted by Crippen LogP contribution is 2.27. The molecular formula is C23H20ClN5O3S. The second-order valence-corrected chi connectivity index (χ2v) is 8.74. The van der Waals surface area contributed by atoms with Gasteiger partial charge in [-0.25, -0.2) is 14.8 Å². The zero-order valence-electron chi connectivity index (χ0n) is 18.2. The molecule has 4 rings (SSSR count). The smallest absolute Gasteiger partial charge is 0.315 e. The van der Waals surface area contributed by atoms with E-state index in [2.05, 4.69) is 9.97 Å². The molecule has 4 aromatic rings. The topological polar surface area (TPSA) is 90.1 Å². The van der Waals surface area contributed by atoms with Crippen LogP contribution in [0.3, 0.4) is 0 Å². The number of rotatable bonds is 5. The van der Waals surface area contributed by atoms with Crippen molar-refractivity contribution in [2.75, 3.05) is 17.7 Å². The summed E-state index contributed by atoms with van der Waals surface area (Å²) in [6.45, 7) is 0. The van der Waals surface area contributed by atoms with Gasteiger partial charge in [0.1, 0.15) is 10.4 Å². The van der Waals surface area contributed by atoms with E-state index in [9.17, 15) is 14.4 Å². The van der Waals surface area contributed by atoms with E-state index in [1.807, 2.05) is 30.3 Å². The summed E-state index contributed by atoms with van der Waals surface area (Å²) in [6.07, 6.45) is 0.